The Bertz CT molecular complexity index is 1270. The van der Waals surface area contributed by atoms with Crippen LogP contribution < -0.4 is 20.1 Å². The maximum Gasteiger partial charge on any atom is 0.264 e. The molecular weight excluding hydrogens is 508 g/mol. The Morgan fingerprint density at radius 3 is 2.65 bits per heavy atom. The van der Waals surface area contributed by atoms with Gasteiger partial charge in [0.2, 0.25) is 0 Å². The zero-order valence-corrected chi connectivity index (χ0v) is 23.4. The van der Waals surface area contributed by atoms with Gasteiger partial charge in [-0.3, -0.25) is 9.36 Å². The van der Waals surface area contributed by atoms with Gasteiger partial charge < -0.3 is 20.1 Å². The molecule has 4 rings (SSSR count). The van der Waals surface area contributed by atoms with Gasteiger partial charge in [-0.05, 0) is 45.0 Å². The summed E-state index contributed by atoms with van der Waals surface area (Å²) in [5, 5.41) is 7.29. The van der Waals surface area contributed by atoms with Crippen LogP contribution in [0.5, 0.6) is 11.5 Å². The van der Waals surface area contributed by atoms with Crippen LogP contribution in [0.15, 0.2) is 66.5 Å². The van der Waals surface area contributed by atoms with Crippen molar-refractivity contribution in [3.05, 3.63) is 71.4 Å². The number of nitrogens with zero attached hydrogens (tertiary/aromatic N) is 2. The molecule has 37 heavy (non-hydrogen) atoms. The topological polar surface area (TPSA) is 77.4 Å². The minimum absolute atomic E-state index is 0.197. The number of imidazole rings is 1. The first-order chi connectivity index (χ1) is 17.9. The van der Waals surface area contributed by atoms with Crippen molar-refractivity contribution in [2.45, 2.75) is 45.8 Å². The Labute approximate surface area is 227 Å². The minimum atomic E-state index is -0.437. The average molecular weight is 543 g/mol. The van der Waals surface area contributed by atoms with E-state index >= 15 is 0 Å². The van der Waals surface area contributed by atoms with E-state index in [1.807, 2.05) is 49.6 Å². The summed E-state index contributed by atoms with van der Waals surface area (Å²) in [6.07, 6.45) is 6.64. The van der Waals surface area contributed by atoms with E-state index in [4.69, 9.17) is 21.1 Å². The van der Waals surface area contributed by atoms with Gasteiger partial charge in [-0.2, -0.15) is 0 Å². The second-order valence-electron chi connectivity index (χ2n) is 8.16. The van der Waals surface area contributed by atoms with Crippen LogP contribution in [0.2, 0.25) is 0 Å². The molecule has 1 aliphatic heterocycles. The summed E-state index contributed by atoms with van der Waals surface area (Å²) in [4.78, 5) is 17.7. The number of hydrogen-bond donors (Lipinski definition) is 2. The van der Waals surface area contributed by atoms with Gasteiger partial charge in [-0.1, -0.05) is 50.8 Å². The lowest BCUT2D eigenvalue weighted by atomic mass is 10.1. The van der Waals surface area contributed by atoms with Crippen molar-refractivity contribution >= 4 is 39.9 Å². The van der Waals surface area contributed by atoms with Crippen molar-refractivity contribution in [1.29, 1.82) is 0 Å². The summed E-state index contributed by atoms with van der Waals surface area (Å²) in [6.45, 7) is 15.3. The highest BCUT2D eigenvalue weighted by Gasteiger charge is 2.22. The normalized spacial score (nSPS) is 15.2. The third-order valence-electron chi connectivity index (χ3n) is 5.88. The fourth-order valence-electron chi connectivity index (χ4n) is 4.01. The van der Waals surface area contributed by atoms with E-state index in [-0.39, 0.29) is 12.0 Å². The molecule has 2 N–H and O–H groups in total. The number of allylic oxidation sites excluding steroid dienone is 2. The quantitative estimate of drug-likeness (QED) is 0.313. The molecule has 3 heterocycles. The summed E-state index contributed by atoms with van der Waals surface area (Å²) < 4.78 is 14.4. The highest BCUT2D eigenvalue weighted by atomic mass is 35.5. The summed E-state index contributed by atoms with van der Waals surface area (Å²) in [6, 6.07) is 7.74. The first kappa shape index (κ1) is 28.5. The second-order valence-corrected chi connectivity index (χ2v) is 9.60. The van der Waals surface area contributed by atoms with Gasteiger partial charge in [0.15, 0.2) is 0 Å². The lowest BCUT2D eigenvalue weighted by Crippen LogP contribution is -2.34. The van der Waals surface area contributed by atoms with Crippen molar-refractivity contribution < 1.29 is 14.3 Å². The van der Waals surface area contributed by atoms with Gasteiger partial charge in [0, 0.05) is 29.8 Å². The molecule has 1 fully saturated rings. The van der Waals surface area contributed by atoms with E-state index in [1.165, 1.54) is 17.4 Å². The van der Waals surface area contributed by atoms with Gasteiger partial charge in [0.25, 0.3) is 5.91 Å². The summed E-state index contributed by atoms with van der Waals surface area (Å²) in [7, 11) is 1.59. The number of aromatic nitrogens is 2. The molecule has 7 nitrogen and oxygen atoms in total. The van der Waals surface area contributed by atoms with Crippen LogP contribution in [0.25, 0.3) is 16.0 Å². The summed E-state index contributed by atoms with van der Waals surface area (Å²) >= 11 is 7.59. The number of hydrogen-bond acceptors (Lipinski definition) is 6. The number of fused-ring (bicyclic) bond motifs is 1. The fourth-order valence-corrected chi connectivity index (χ4v) is 5.26. The number of carbonyl (C=O) groups is 1. The van der Waals surface area contributed by atoms with Crippen molar-refractivity contribution in [2.24, 2.45) is 0 Å². The van der Waals surface area contributed by atoms with Crippen LogP contribution in [-0.4, -0.2) is 47.8 Å². The van der Waals surface area contributed by atoms with Crippen LogP contribution in [0.1, 0.15) is 43.3 Å². The molecular formula is C28H35ClN4O3S. The fraction of sp³-hybridized carbons (Fsp3) is 0.357. The molecule has 1 aliphatic rings. The van der Waals surface area contributed by atoms with Crippen LogP contribution in [0.4, 0.5) is 0 Å². The molecule has 0 radical (unpaired) electrons. The Balaban J connectivity index is 0.00000186. The molecule has 9 heteroatoms. The number of nitrogens with one attached hydrogen (secondary N) is 2. The Morgan fingerprint density at radius 1 is 1.27 bits per heavy atom. The SMILES string of the molecule is C=C/C(Cl)=C(\C=C)C(C)Oc1cc(-n2cnc3ccc(OC4CCNCC4)cc32)sc1C(=O)NC.CC. The molecule has 1 saturated heterocycles. The predicted octanol–water partition coefficient (Wildman–Crippen LogP) is 6.24. The molecule has 0 spiro atoms. The number of rotatable bonds is 9. The number of benzene rings is 1. The number of ether oxygens (including phenoxy) is 2. The number of carbonyl (C=O) groups excluding carboxylic acids is 1. The number of halogens is 1. The van der Waals surface area contributed by atoms with E-state index in [2.05, 4.69) is 28.8 Å². The standard InChI is InChI=1S/C26H29ClN4O3S.C2H6/c1-5-19(20(27)6-2)16(3)33-23-14-24(35-25(23)26(32)28-4)31-15-30-21-8-7-18(13-22(21)31)34-17-9-11-29-12-10-17;1-2/h5-8,13-17,29H,1-2,9-12H2,3-4H3,(H,28,32);1-2H3/b20-19-;. The van der Waals surface area contributed by atoms with Crippen molar-refractivity contribution in [3.8, 4) is 16.5 Å². The van der Waals surface area contributed by atoms with E-state index in [1.54, 1.807) is 19.5 Å². The molecule has 1 aromatic carbocycles. The average Bonchev–Trinajstić information content (AvgIpc) is 3.54. The van der Waals surface area contributed by atoms with E-state index in [0.29, 0.717) is 21.2 Å². The molecule has 1 amide bonds. The van der Waals surface area contributed by atoms with E-state index in [0.717, 1.165) is 47.7 Å². The van der Waals surface area contributed by atoms with Gasteiger partial charge in [0.1, 0.15) is 39.9 Å². The molecule has 1 atom stereocenters. The monoisotopic (exact) mass is 542 g/mol. The Morgan fingerprint density at radius 2 is 2.00 bits per heavy atom. The molecule has 0 saturated carbocycles. The number of thiophene rings is 1. The summed E-state index contributed by atoms with van der Waals surface area (Å²) in [5.41, 5.74) is 2.41. The molecule has 0 aliphatic carbocycles. The zero-order valence-electron chi connectivity index (χ0n) is 21.8. The van der Waals surface area contributed by atoms with E-state index < -0.39 is 6.10 Å². The molecule has 3 aromatic rings. The molecule has 0 bridgehead atoms. The Hall–Kier alpha value is -3.07. The van der Waals surface area contributed by atoms with Crippen LogP contribution >= 0.6 is 22.9 Å². The smallest absolute Gasteiger partial charge is 0.264 e. The number of piperidine rings is 1. The van der Waals surface area contributed by atoms with Crippen molar-refractivity contribution in [2.75, 3.05) is 20.1 Å². The maximum atomic E-state index is 12.7. The van der Waals surface area contributed by atoms with Crippen molar-refractivity contribution in [3.63, 3.8) is 0 Å². The van der Waals surface area contributed by atoms with Gasteiger partial charge in [-0.15, -0.1) is 11.3 Å². The highest BCUT2D eigenvalue weighted by molar-refractivity contribution is 7.16. The largest absolute Gasteiger partial charge is 0.490 e. The summed E-state index contributed by atoms with van der Waals surface area (Å²) in [5.74, 6) is 1.02. The lowest BCUT2D eigenvalue weighted by molar-refractivity contribution is 0.0962. The van der Waals surface area contributed by atoms with Gasteiger partial charge in [0.05, 0.1) is 11.0 Å². The highest BCUT2D eigenvalue weighted by Crippen LogP contribution is 2.36. The van der Waals surface area contributed by atoms with Gasteiger partial charge >= 0.3 is 0 Å². The van der Waals surface area contributed by atoms with Gasteiger partial charge in [-0.25, -0.2) is 4.98 Å². The van der Waals surface area contributed by atoms with Crippen LogP contribution in [-0.2, 0) is 0 Å². The van der Waals surface area contributed by atoms with Crippen LogP contribution in [0, 0.1) is 0 Å². The molecule has 198 valence electrons. The molecule has 1 unspecified atom stereocenters. The first-order valence-corrected chi connectivity index (χ1v) is 13.7. The Kier molecular flexibility index (Phi) is 10.4. The van der Waals surface area contributed by atoms with Crippen LogP contribution in [0.3, 0.4) is 0 Å². The second kappa shape index (κ2) is 13.5. The van der Waals surface area contributed by atoms with Crippen molar-refractivity contribution in [1.82, 2.24) is 20.2 Å². The number of amides is 1. The third kappa shape index (κ3) is 6.63. The maximum absolute atomic E-state index is 12.7. The first-order valence-electron chi connectivity index (χ1n) is 12.5. The molecule has 2 aromatic heterocycles. The van der Waals surface area contributed by atoms with E-state index in [9.17, 15) is 4.79 Å². The third-order valence-corrected chi connectivity index (χ3v) is 7.37. The lowest BCUT2D eigenvalue weighted by Gasteiger charge is -2.23. The minimum Gasteiger partial charge on any atom is -0.490 e. The predicted molar refractivity (Wildman–Crippen MR) is 154 cm³/mol. The zero-order chi connectivity index (χ0) is 26.9.